The highest BCUT2D eigenvalue weighted by molar-refractivity contribution is 5.80. The van der Waals surface area contributed by atoms with E-state index in [1.807, 2.05) is 21.9 Å². The Hall–Kier alpha value is -1.88. The Morgan fingerprint density at radius 2 is 1.78 bits per heavy atom. The summed E-state index contributed by atoms with van der Waals surface area (Å²) in [5.74, 6) is 0.210. The molecule has 0 spiro atoms. The molecule has 23 heavy (non-hydrogen) atoms. The molecule has 1 fully saturated rings. The Bertz CT molecular complexity index is 594. The molecule has 0 N–H and O–H groups in total. The van der Waals surface area contributed by atoms with Gasteiger partial charge >= 0.3 is 0 Å². The SMILES string of the molecule is CC(=O)N1CCc2ccccc2[C@@H]1CC(=O)N1CCN(C)CC1. The van der Waals surface area contributed by atoms with Crippen molar-refractivity contribution in [1.29, 1.82) is 0 Å². The predicted molar refractivity (Wildman–Crippen MR) is 89.0 cm³/mol. The molecule has 2 aliphatic heterocycles. The fourth-order valence-electron chi connectivity index (χ4n) is 3.60. The third-order valence-corrected chi connectivity index (χ3v) is 5.04. The fraction of sp³-hybridized carbons (Fsp3) is 0.556. The van der Waals surface area contributed by atoms with Crippen molar-refractivity contribution in [2.75, 3.05) is 39.8 Å². The minimum atomic E-state index is -0.121. The molecule has 2 aliphatic rings. The molecule has 2 heterocycles. The molecule has 2 amide bonds. The van der Waals surface area contributed by atoms with Crippen molar-refractivity contribution in [3.63, 3.8) is 0 Å². The van der Waals surface area contributed by atoms with Crippen molar-refractivity contribution in [3.05, 3.63) is 35.4 Å². The van der Waals surface area contributed by atoms with E-state index in [0.717, 1.165) is 38.2 Å². The molecule has 3 rings (SSSR count). The van der Waals surface area contributed by atoms with Crippen LogP contribution in [0.25, 0.3) is 0 Å². The molecule has 1 aromatic rings. The first kappa shape index (κ1) is 16.0. The summed E-state index contributed by atoms with van der Waals surface area (Å²) in [6, 6.07) is 8.08. The highest BCUT2D eigenvalue weighted by atomic mass is 16.2. The van der Waals surface area contributed by atoms with Gasteiger partial charge in [0.05, 0.1) is 12.5 Å². The number of hydrogen-bond acceptors (Lipinski definition) is 3. The van der Waals surface area contributed by atoms with Gasteiger partial charge in [-0.15, -0.1) is 0 Å². The lowest BCUT2D eigenvalue weighted by molar-refractivity contribution is -0.137. The third-order valence-electron chi connectivity index (χ3n) is 5.04. The monoisotopic (exact) mass is 315 g/mol. The van der Waals surface area contributed by atoms with Crippen molar-refractivity contribution in [2.45, 2.75) is 25.8 Å². The lowest BCUT2D eigenvalue weighted by Gasteiger charge is -2.38. The molecular weight excluding hydrogens is 290 g/mol. The fourth-order valence-corrected chi connectivity index (χ4v) is 3.60. The van der Waals surface area contributed by atoms with Crippen LogP contribution in [0.15, 0.2) is 24.3 Å². The van der Waals surface area contributed by atoms with Crippen LogP contribution >= 0.6 is 0 Å². The zero-order valence-corrected chi connectivity index (χ0v) is 14.0. The Morgan fingerprint density at radius 3 is 2.48 bits per heavy atom. The van der Waals surface area contributed by atoms with E-state index in [1.165, 1.54) is 5.56 Å². The number of benzene rings is 1. The van der Waals surface area contributed by atoms with Crippen LogP contribution in [-0.2, 0) is 16.0 Å². The van der Waals surface area contributed by atoms with E-state index >= 15 is 0 Å². The zero-order chi connectivity index (χ0) is 16.4. The molecule has 0 radical (unpaired) electrons. The number of amides is 2. The first-order chi connectivity index (χ1) is 11.1. The molecule has 1 aromatic carbocycles. The van der Waals surface area contributed by atoms with Crippen molar-refractivity contribution in [3.8, 4) is 0 Å². The van der Waals surface area contributed by atoms with Crippen molar-refractivity contribution < 1.29 is 9.59 Å². The average Bonchev–Trinajstić information content (AvgIpc) is 2.55. The highest BCUT2D eigenvalue weighted by Gasteiger charge is 2.32. The molecule has 0 aliphatic carbocycles. The number of nitrogens with zero attached hydrogens (tertiary/aromatic N) is 3. The van der Waals surface area contributed by atoms with E-state index in [2.05, 4.69) is 24.1 Å². The van der Waals surface area contributed by atoms with Gasteiger partial charge in [-0.05, 0) is 24.6 Å². The van der Waals surface area contributed by atoms with Gasteiger partial charge < -0.3 is 14.7 Å². The van der Waals surface area contributed by atoms with Crippen LogP contribution in [0.2, 0.25) is 0 Å². The largest absolute Gasteiger partial charge is 0.340 e. The van der Waals surface area contributed by atoms with Crippen LogP contribution in [0.1, 0.15) is 30.5 Å². The topological polar surface area (TPSA) is 43.9 Å². The van der Waals surface area contributed by atoms with Crippen molar-refractivity contribution in [1.82, 2.24) is 14.7 Å². The van der Waals surface area contributed by atoms with Gasteiger partial charge in [0.2, 0.25) is 11.8 Å². The van der Waals surface area contributed by atoms with Crippen LogP contribution in [-0.4, -0.2) is 66.3 Å². The number of piperazine rings is 1. The summed E-state index contributed by atoms with van der Waals surface area (Å²) < 4.78 is 0. The van der Waals surface area contributed by atoms with Crippen LogP contribution in [0, 0.1) is 0 Å². The molecule has 0 bridgehead atoms. The lowest BCUT2D eigenvalue weighted by Crippen LogP contribution is -2.48. The first-order valence-electron chi connectivity index (χ1n) is 8.37. The minimum absolute atomic E-state index is 0.0516. The summed E-state index contributed by atoms with van der Waals surface area (Å²) in [7, 11) is 2.08. The number of likely N-dealkylation sites (N-methyl/N-ethyl adjacent to an activating group) is 1. The molecule has 1 saturated heterocycles. The molecule has 0 saturated carbocycles. The second-order valence-electron chi connectivity index (χ2n) is 6.57. The normalized spacial score (nSPS) is 21.9. The quantitative estimate of drug-likeness (QED) is 0.826. The van der Waals surface area contributed by atoms with Gasteiger partial charge in [0.25, 0.3) is 0 Å². The van der Waals surface area contributed by atoms with Gasteiger partial charge in [0.15, 0.2) is 0 Å². The Balaban J connectivity index is 1.78. The standard InChI is InChI=1S/C18H25N3O2/c1-14(22)21-8-7-15-5-3-4-6-16(15)17(21)13-18(23)20-11-9-19(2)10-12-20/h3-6,17H,7-13H2,1-2H3/t17-/m0/s1. The van der Waals surface area contributed by atoms with Crippen molar-refractivity contribution >= 4 is 11.8 Å². The summed E-state index contributed by atoms with van der Waals surface area (Å²) in [6.45, 7) is 5.70. The van der Waals surface area contributed by atoms with Gasteiger partial charge in [0.1, 0.15) is 0 Å². The molecular formula is C18H25N3O2. The molecule has 124 valence electrons. The smallest absolute Gasteiger partial charge is 0.225 e. The van der Waals surface area contributed by atoms with Crippen molar-refractivity contribution in [2.24, 2.45) is 0 Å². The van der Waals surface area contributed by atoms with Gasteiger partial charge in [-0.25, -0.2) is 0 Å². The number of rotatable bonds is 2. The van der Waals surface area contributed by atoms with Crippen LogP contribution in [0.4, 0.5) is 0 Å². The van der Waals surface area contributed by atoms with Crippen LogP contribution in [0.3, 0.4) is 0 Å². The maximum absolute atomic E-state index is 12.7. The second-order valence-corrected chi connectivity index (χ2v) is 6.57. The molecule has 1 atom stereocenters. The predicted octanol–water partition coefficient (Wildman–Crippen LogP) is 1.30. The van der Waals surface area contributed by atoms with E-state index in [4.69, 9.17) is 0 Å². The van der Waals surface area contributed by atoms with Crippen LogP contribution < -0.4 is 0 Å². The van der Waals surface area contributed by atoms with E-state index in [1.54, 1.807) is 6.92 Å². The van der Waals surface area contributed by atoms with E-state index in [9.17, 15) is 9.59 Å². The highest BCUT2D eigenvalue weighted by Crippen LogP contribution is 2.32. The Morgan fingerprint density at radius 1 is 1.09 bits per heavy atom. The van der Waals surface area contributed by atoms with Gasteiger partial charge in [0, 0.05) is 39.6 Å². The third kappa shape index (κ3) is 3.39. The number of carbonyl (C=O) groups is 2. The van der Waals surface area contributed by atoms with E-state index in [0.29, 0.717) is 13.0 Å². The Kier molecular flexibility index (Phi) is 4.66. The Labute approximate surface area is 137 Å². The number of hydrogen-bond donors (Lipinski definition) is 0. The zero-order valence-electron chi connectivity index (χ0n) is 14.0. The van der Waals surface area contributed by atoms with Gasteiger partial charge in [-0.1, -0.05) is 24.3 Å². The van der Waals surface area contributed by atoms with E-state index in [-0.39, 0.29) is 17.9 Å². The van der Waals surface area contributed by atoms with Crippen LogP contribution in [0.5, 0.6) is 0 Å². The average molecular weight is 315 g/mol. The minimum Gasteiger partial charge on any atom is -0.340 e. The summed E-state index contributed by atoms with van der Waals surface area (Å²) >= 11 is 0. The van der Waals surface area contributed by atoms with Gasteiger partial charge in [-0.3, -0.25) is 9.59 Å². The maximum Gasteiger partial charge on any atom is 0.225 e. The lowest BCUT2D eigenvalue weighted by atomic mass is 9.90. The molecule has 0 unspecified atom stereocenters. The molecule has 5 nitrogen and oxygen atoms in total. The molecule has 5 heteroatoms. The van der Waals surface area contributed by atoms with E-state index < -0.39 is 0 Å². The first-order valence-corrected chi connectivity index (χ1v) is 8.37. The van der Waals surface area contributed by atoms with Gasteiger partial charge in [-0.2, -0.15) is 0 Å². The number of carbonyl (C=O) groups excluding carboxylic acids is 2. The number of fused-ring (bicyclic) bond motifs is 1. The summed E-state index contributed by atoms with van der Waals surface area (Å²) in [5, 5.41) is 0. The maximum atomic E-state index is 12.7. The second kappa shape index (κ2) is 6.71. The summed E-state index contributed by atoms with van der Waals surface area (Å²) in [4.78, 5) is 30.8. The summed E-state index contributed by atoms with van der Waals surface area (Å²) in [5.41, 5.74) is 2.40. The molecule has 0 aromatic heterocycles. The summed E-state index contributed by atoms with van der Waals surface area (Å²) in [6.07, 6.45) is 1.26.